The number of piperidine rings is 1. The summed E-state index contributed by atoms with van der Waals surface area (Å²) in [6.45, 7) is 2.95. The van der Waals surface area contributed by atoms with Gasteiger partial charge in [-0.2, -0.15) is 0 Å². The molecule has 1 saturated heterocycles. The number of nitrogens with zero attached hydrogens (tertiary/aromatic N) is 1. The second-order valence-corrected chi connectivity index (χ2v) is 5.47. The minimum atomic E-state index is 0.319. The molecule has 0 unspecified atom stereocenters. The lowest BCUT2D eigenvalue weighted by Crippen LogP contribution is -2.42. The molecule has 2 rings (SSSR count). The van der Waals surface area contributed by atoms with Crippen LogP contribution in [0.5, 0.6) is 0 Å². The summed E-state index contributed by atoms with van der Waals surface area (Å²) in [5.41, 5.74) is 0. The van der Waals surface area contributed by atoms with Crippen LogP contribution in [-0.2, 0) is 9.53 Å². The Bertz CT molecular complexity index is 307. The molecule has 0 atom stereocenters. The van der Waals surface area contributed by atoms with Gasteiger partial charge in [0, 0.05) is 19.0 Å². The van der Waals surface area contributed by atoms with Gasteiger partial charge in [-0.1, -0.05) is 18.8 Å². The largest absolute Gasteiger partial charge is 0.369 e. The molecule has 0 aromatic carbocycles. The van der Waals surface area contributed by atoms with E-state index < -0.39 is 0 Å². The highest BCUT2D eigenvalue weighted by atomic mass is 16.5. The number of amides is 1. The van der Waals surface area contributed by atoms with Crippen LogP contribution in [0.2, 0.25) is 0 Å². The van der Waals surface area contributed by atoms with Crippen LogP contribution >= 0.6 is 0 Å². The second kappa shape index (κ2) is 6.80. The number of ether oxygens (including phenoxy) is 1. The van der Waals surface area contributed by atoms with E-state index in [9.17, 15) is 4.79 Å². The first-order chi connectivity index (χ1) is 8.81. The van der Waals surface area contributed by atoms with Gasteiger partial charge in [-0.3, -0.25) is 4.79 Å². The van der Waals surface area contributed by atoms with Crippen molar-refractivity contribution in [1.29, 1.82) is 0 Å². The molecule has 0 aromatic rings. The monoisotopic (exact) mass is 249 g/mol. The van der Waals surface area contributed by atoms with Crippen LogP contribution in [0.1, 0.15) is 38.5 Å². The summed E-state index contributed by atoms with van der Waals surface area (Å²) >= 11 is 0. The summed E-state index contributed by atoms with van der Waals surface area (Å²) in [5.74, 6) is 3.78. The molecule has 0 aromatic heterocycles. The van der Waals surface area contributed by atoms with Gasteiger partial charge < -0.3 is 9.64 Å². The minimum Gasteiger partial charge on any atom is -0.369 e. The van der Waals surface area contributed by atoms with E-state index in [1.165, 1.54) is 12.8 Å². The fourth-order valence-electron chi connectivity index (χ4n) is 3.04. The smallest absolute Gasteiger partial charge is 0.225 e. The molecule has 3 heteroatoms. The van der Waals surface area contributed by atoms with Crippen molar-refractivity contribution in [1.82, 2.24) is 4.90 Å². The van der Waals surface area contributed by atoms with Crippen LogP contribution in [0.15, 0.2) is 0 Å². The van der Waals surface area contributed by atoms with Crippen molar-refractivity contribution in [2.45, 2.75) is 38.5 Å². The first-order valence-corrected chi connectivity index (χ1v) is 7.11. The SMILES string of the molecule is C#CCOCC1CCN(C(=O)C2CCCC2)CC1. The zero-order chi connectivity index (χ0) is 12.8. The Morgan fingerprint density at radius 3 is 2.50 bits per heavy atom. The van der Waals surface area contributed by atoms with Crippen LogP contribution in [0.3, 0.4) is 0 Å². The Morgan fingerprint density at radius 1 is 1.22 bits per heavy atom. The van der Waals surface area contributed by atoms with Crippen molar-refractivity contribution in [2.75, 3.05) is 26.3 Å². The number of hydrogen-bond acceptors (Lipinski definition) is 2. The van der Waals surface area contributed by atoms with Crippen molar-refractivity contribution in [3.05, 3.63) is 0 Å². The third-order valence-corrected chi connectivity index (χ3v) is 4.17. The molecule has 1 aliphatic heterocycles. The molecule has 2 aliphatic rings. The highest BCUT2D eigenvalue weighted by molar-refractivity contribution is 5.79. The van der Waals surface area contributed by atoms with Crippen molar-refractivity contribution >= 4 is 5.91 Å². The lowest BCUT2D eigenvalue weighted by atomic mass is 9.96. The van der Waals surface area contributed by atoms with Crippen molar-refractivity contribution in [3.63, 3.8) is 0 Å². The molecule has 3 nitrogen and oxygen atoms in total. The molecule has 0 spiro atoms. The van der Waals surface area contributed by atoms with E-state index in [0.717, 1.165) is 45.4 Å². The third-order valence-electron chi connectivity index (χ3n) is 4.17. The Morgan fingerprint density at radius 2 is 1.89 bits per heavy atom. The van der Waals surface area contributed by atoms with Gasteiger partial charge >= 0.3 is 0 Å². The fraction of sp³-hybridized carbons (Fsp3) is 0.800. The number of terminal acetylenes is 1. The van der Waals surface area contributed by atoms with E-state index in [4.69, 9.17) is 11.2 Å². The van der Waals surface area contributed by atoms with E-state index in [1.54, 1.807) is 0 Å². The Labute approximate surface area is 110 Å². The molecule has 0 bridgehead atoms. The molecule has 100 valence electrons. The summed E-state index contributed by atoms with van der Waals surface area (Å²) in [6, 6.07) is 0. The molecule has 2 fully saturated rings. The van der Waals surface area contributed by atoms with Crippen LogP contribution in [0, 0.1) is 24.2 Å². The number of likely N-dealkylation sites (tertiary alicyclic amines) is 1. The quantitative estimate of drug-likeness (QED) is 0.564. The number of carbonyl (C=O) groups excluding carboxylic acids is 1. The molecule has 18 heavy (non-hydrogen) atoms. The molecule has 0 N–H and O–H groups in total. The first-order valence-electron chi connectivity index (χ1n) is 7.11. The standard InChI is InChI=1S/C15H23NO2/c1-2-11-18-12-13-7-9-16(10-8-13)15(17)14-5-3-4-6-14/h1,13-14H,3-12H2. The van der Waals surface area contributed by atoms with E-state index >= 15 is 0 Å². The molecule has 1 heterocycles. The topological polar surface area (TPSA) is 29.5 Å². The van der Waals surface area contributed by atoms with Gasteiger partial charge in [0.15, 0.2) is 0 Å². The third kappa shape index (κ3) is 3.49. The lowest BCUT2D eigenvalue weighted by Gasteiger charge is -2.33. The van der Waals surface area contributed by atoms with Crippen LogP contribution in [0.4, 0.5) is 0 Å². The summed E-state index contributed by atoms with van der Waals surface area (Å²) in [6.07, 6.45) is 11.9. The average molecular weight is 249 g/mol. The van der Waals surface area contributed by atoms with Gasteiger partial charge in [0.1, 0.15) is 6.61 Å². The highest BCUT2D eigenvalue weighted by Crippen LogP contribution is 2.28. The van der Waals surface area contributed by atoms with Gasteiger partial charge in [0.2, 0.25) is 5.91 Å². The van der Waals surface area contributed by atoms with Gasteiger partial charge in [0.25, 0.3) is 0 Å². The molecular formula is C15H23NO2. The fourth-order valence-corrected chi connectivity index (χ4v) is 3.04. The number of hydrogen-bond donors (Lipinski definition) is 0. The Kier molecular flexibility index (Phi) is 5.07. The molecule has 0 radical (unpaired) electrons. The summed E-state index contributed by atoms with van der Waals surface area (Å²) in [7, 11) is 0. The maximum atomic E-state index is 12.2. The van der Waals surface area contributed by atoms with Crippen LogP contribution < -0.4 is 0 Å². The maximum absolute atomic E-state index is 12.2. The summed E-state index contributed by atoms with van der Waals surface area (Å²) < 4.78 is 5.38. The van der Waals surface area contributed by atoms with Gasteiger partial charge in [-0.25, -0.2) is 0 Å². The van der Waals surface area contributed by atoms with Crippen LogP contribution in [-0.4, -0.2) is 37.1 Å². The molecular weight excluding hydrogens is 226 g/mol. The van der Waals surface area contributed by atoms with Gasteiger partial charge in [-0.15, -0.1) is 6.42 Å². The molecule has 1 amide bonds. The average Bonchev–Trinajstić information content (AvgIpc) is 2.93. The van der Waals surface area contributed by atoms with E-state index in [0.29, 0.717) is 24.3 Å². The summed E-state index contributed by atoms with van der Waals surface area (Å²) in [5, 5.41) is 0. The zero-order valence-corrected chi connectivity index (χ0v) is 11.1. The van der Waals surface area contributed by atoms with Crippen LogP contribution in [0.25, 0.3) is 0 Å². The Balaban J connectivity index is 1.69. The van der Waals surface area contributed by atoms with E-state index in [2.05, 4.69) is 10.8 Å². The van der Waals surface area contributed by atoms with Gasteiger partial charge in [-0.05, 0) is 31.6 Å². The van der Waals surface area contributed by atoms with Gasteiger partial charge in [0.05, 0.1) is 6.61 Å². The van der Waals surface area contributed by atoms with Crippen molar-refractivity contribution in [3.8, 4) is 12.3 Å². The number of rotatable bonds is 4. The van der Waals surface area contributed by atoms with Crippen molar-refractivity contribution < 1.29 is 9.53 Å². The number of carbonyl (C=O) groups is 1. The molecule has 1 aliphatic carbocycles. The predicted molar refractivity (Wildman–Crippen MR) is 70.9 cm³/mol. The summed E-state index contributed by atoms with van der Waals surface area (Å²) in [4.78, 5) is 14.3. The predicted octanol–water partition coefficient (Wildman–Crippen LogP) is 2.06. The van der Waals surface area contributed by atoms with E-state index in [-0.39, 0.29) is 0 Å². The first kappa shape index (κ1) is 13.4. The maximum Gasteiger partial charge on any atom is 0.225 e. The molecule has 1 saturated carbocycles. The second-order valence-electron chi connectivity index (χ2n) is 5.47. The highest BCUT2D eigenvalue weighted by Gasteiger charge is 2.29. The van der Waals surface area contributed by atoms with E-state index in [1.807, 2.05) is 0 Å². The normalized spacial score (nSPS) is 22.1. The van der Waals surface area contributed by atoms with Crippen molar-refractivity contribution in [2.24, 2.45) is 11.8 Å². The minimum absolute atomic E-state index is 0.319. The Hall–Kier alpha value is -1.01. The lowest BCUT2D eigenvalue weighted by molar-refractivity contribution is -0.137. The zero-order valence-electron chi connectivity index (χ0n) is 11.1.